The minimum absolute atomic E-state index is 0.0505. The number of hydrogen-bond acceptors (Lipinski definition) is 3. The van der Waals surface area contributed by atoms with E-state index in [2.05, 4.69) is 5.32 Å². The van der Waals surface area contributed by atoms with Gasteiger partial charge < -0.3 is 15.3 Å². The summed E-state index contributed by atoms with van der Waals surface area (Å²) in [5.74, 6) is 0.154. The first-order valence-corrected chi connectivity index (χ1v) is 7.62. The summed E-state index contributed by atoms with van der Waals surface area (Å²) in [5, 5.41) is 12.0. The molecule has 116 valence electrons. The van der Waals surface area contributed by atoms with Gasteiger partial charge >= 0.3 is 0 Å². The number of nitrogens with zero attached hydrogens (tertiary/aromatic N) is 1. The molecule has 1 aliphatic rings. The molecular weight excluding hydrogens is 256 g/mol. The summed E-state index contributed by atoms with van der Waals surface area (Å²) in [5.41, 5.74) is 0. The molecule has 0 heterocycles. The van der Waals surface area contributed by atoms with Gasteiger partial charge in [-0.05, 0) is 26.7 Å². The Labute approximate surface area is 121 Å². The van der Waals surface area contributed by atoms with Gasteiger partial charge in [-0.25, -0.2) is 0 Å². The predicted octanol–water partition coefficient (Wildman–Crippen LogP) is 1.30. The maximum atomic E-state index is 12.1. The first-order valence-electron chi connectivity index (χ1n) is 7.62. The smallest absolute Gasteiger partial charge is 0.224 e. The number of hydrogen-bond donors (Lipinski definition) is 2. The van der Waals surface area contributed by atoms with Crippen molar-refractivity contribution in [1.82, 2.24) is 10.2 Å². The molecule has 5 heteroatoms. The minimum atomic E-state index is -0.191. The van der Waals surface area contributed by atoms with Crippen molar-refractivity contribution in [3.05, 3.63) is 0 Å². The molecule has 2 atom stereocenters. The third-order valence-corrected chi connectivity index (χ3v) is 4.16. The minimum Gasteiger partial charge on any atom is -0.394 e. The standard InChI is InChI=1S/C15H28N2O3/c1-11(9-14(19)17(3)12(2)10-18)16-15(20)13-7-5-4-6-8-13/h11-13,18H,4-10H2,1-3H3,(H,16,20). The molecule has 0 spiro atoms. The van der Waals surface area contributed by atoms with Crippen LogP contribution in [0.15, 0.2) is 0 Å². The zero-order chi connectivity index (χ0) is 15.1. The fourth-order valence-corrected chi connectivity index (χ4v) is 2.55. The van der Waals surface area contributed by atoms with Crippen LogP contribution in [0.3, 0.4) is 0 Å². The molecule has 1 fully saturated rings. The lowest BCUT2D eigenvalue weighted by molar-refractivity contribution is -0.133. The summed E-state index contributed by atoms with van der Waals surface area (Å²) in [6, 6.07) is -0.353. The van der Waals surface area contributed by atoms with E-state index in [9.17, 15) is 9.59 Å². The number of amides is 2. The Balaban J connectivity index is 2.36. The first kappa shape index (κ1) is 17.0. The van der Waals surface area contributed by atoms with Crippen molar-refractivity contribution in [1.29, 1.82) is 0 Å². The molecule has 0 aromatic heterocycles. The molecule has 0 aliphatic heterocycles. The topological polar surface area (TPSA) is 69.6 Å². The number of likely N-dealkylation sites (N-methyl/N-ethyl adjacent to an activating group) is 1. The summed E-state index contributed by atoms with van der Waals surface area (Å²) in [4.78, 5) is 25.6. The molecule has 5 nitrogen and oxygen atoms in total. The monoisotopic (exact) mass is 284 g/mol. The van der Waals surface area contributed by atoms with Gasteiger partial charge in [0, 0.05) is 25.4 Å². The molecule has 0 radical (unpaired) electrons. The molecule has 0 bridgehead atoms. The number of aliphatic hydroxyl groups excluding tert-OH is 1. The van der Waals surface area contributed by atoms with Crippen LogP contribution in [0.2, 0.25) is 0 Å². The fraction of sp³-hybridized carbons (Fsp3) is 0.867. The summed E-state index contributed by atoms with van der Waals surface area (Å²) in [6.45, 7) is 3.60. The van der Waals surface area contributed by atoms with Crippen LogP contribution in [0.4, 0.5) is 0 Å². The predicted molar refractivity (Wildman–Crippen MR) is 78.1 cm³/mol. The maximum absolute atomic E-state index is 12.1. The molecule has 1 saturated carbocycles. The number of carbonyl (C=O) groups excluding carboxylic acids is 2. The van der Waals surface area contributed by atoms with Gasteiger partial charge in [0.05, 0.1) is 12.6 Å². The van der Waals surface area contributed by atoms with Crippen molar-refractivity contribution in [2.24, 2.45) is 5.92 Å². The Hall–Kier alpha value is -1.10. The van der Waals surface area contributed by atoms with Crippen LogP contribution in [-0.4, -0.2) is 47.6 Å². The lowest BCUT2D eigenvalue weighted by Crippen LogP contribution is -2.43. The van der Waals surface area contributed by atoms with Crippen molar-refractivity contribution >= 4 is 11.8 Å². The zero-order valence-electron chi connectivity index (χ0n) is 12.9. The highest BCUT2D eigenvalue weighted by atomic mass is 16.3. The van der Waals surface area contributed by atoms with E-state index in [1.54, 1.807) is 14.0 Å². The lowest BCUT2D eigenvalue weighted by Gasteiger charge is -2.26. The van der Waals surface area contributed by atoms with Crippen molar-refractivity contribution in [3.8, 4) is 0 Å². The van der Waals surface area contributed by atoms with E-state index >= 15 is 0 Å². The van der Waals surface area contributed by atoms with Crippen LogP contribution in [0, 0.1) is 5.92 Å². The molecule has 2 N–H and O–H groups in total. The number of aliphatic hydroxyl groups is 1. The van der Waals surface area contributed by atoms with Crippen molar-refractivity contribution in [2.75, 3.05) is 13.7 Å². The van der Waals surface area contributed by atoms with Gasteiger partial charge in [0.1, 0.15) is 0 Å². The van der Waals surface area contributed by atoms with Crippen LogP contribution in [0.5, 0.6) is 0 Å². The van der Waals surface area contributed by atoms with Gasteiger partial charge in [0.25, 0.3) is 0 Å². The van der Waals surface area contributed by atoms with E-state index in [0.717, 1.165) is 25.7 Å². The summed E-state index contributed by atoms with van der Waals surface area (Å²) in [6.07, 6.45) is 5.69. The van der Waals surface area contributed by atoms with E-state index < -0.39 is 0 Å². The second-order valence-corrected chi connectivity index (χ2v) is 5.98. The van der Waals surface area contributed by atoms with E-state index in [4.69, 9.17) is 5.11 Å². The molecule has 1 aliphatic carbocycles. The normalized spacial score (nSPS) is 19.2. The third kappa shape index (κ3) is 5.12. The second kappa shape index (κ2) is 8.25. The Morgan fingerprint density at radius 2 is 1.85 bits per heavy atom. The Kier molecular flexibility index (Phi) is 6.99. The third-order valence-electron chi connectivity index (χ3n) is 4.16. The highest BCUT2D eigenvalue weighted by molar-refractivity contribution is 5.81. The van der Waals surface area contributed by atoms with Crippen molar-refractivity contribution < 1.29 is 14.7 Å². The molecule has 0 aromatic carbocycles. The largest absolute Gasteiger partial charge is 0.394 e. The maximum Gasteiger partial charge on any atom is 0.224 e. The fourth-order valence-electron chi connectivity index (χ4n) is 2.55. The van der Waals surface area contributed by atoms with E-state index in [1.165, 1.54) is 11.3 Å². The number of rotatable bonds is 6. The van der Waals surface area contributed by atoms with Gasteiger partial charge in [-0.1, -0.05) is 19.3 Å². The highest BCUT2D eigenvalue weighted by Gasteiger charge is 2.24. The van der Waals surface area contributed by atoms with Crippen molar-refractivity contribution in [3.63, 3.8) is 0 Å². The zero-order valence-corrected chi connectivity index (χ0v) is 12.9. The lowest BCUT2D eigenvalue weighted by atomic mass is 9.88. The molecule has 2 unspecified atom stereocenters. The molecule has 0 aromatic rings. The summed E-state index contributed by atoms with van der Waals surface area (Å²) >= 11 is 0. The molecule has 0 saturated heterocycles. The molecule has 2 amide bonds. The van der Waals surface area contributed by atoms with Gasteiger partial charge in [0.15, 0.2) is 0 Å². The van der Waals surface area contributed by atoms with Crippen LogP contribution in [-0.2, 0) is 9.59 Å². The molecular formula is C15H28N2O3. The van der Waals surface area contributed by atoms with Crippen molar-refractivity contribution in [2.45, 2.75) is 64.5 Å². The quantitative estimate of drug-likeness (QED) is 0.772. The Morgan fingerprint density at radius 1 is 1.25 bits per heavy atom. The highest BCUT2D eigenvalue weighted by Crippen LogP contribution is 2.23. The Bertz CT molecular complexity index is 311. The van der Waals surface area contributed by atoms with E-state index in [0.29, 0.717) is 0 Å². The summed E-state index contributed by atoms with van der Waals surface area (Å²) in [7, 11) is 1.68. The van der Waals surface area contributed by atoms with Gasteiger partial charge in [0.2, 0.25) is 11.8 Å². The van der Waals surface area contributed by atoms with E-state index in [-0.39, 0.29) is 42.8 Å². The van der Waals surface area contributed by atoms with Gasteiger partial charge in [-0.15, -0.1) is 0 Å². The molecule has 1 rings (SSSR count). The average Bonchev–Trinajstić information content (AvgIpc) is 2.46. The average molecular weight is 284 g/mol. The van der Waals surface area contributed by atoms with Crippen LogP contribution in [0.25, 0.3) is 0 Å². The van der Waals surface area contributed by atoms with Crippen LogP contribution >= 0.6 is 0 Å². The summed E-state index contributed by atoms with van der Waals surface area (Å²) < 4.78 is 0. The number of nitrogens with one attached hydrogen (secondary N) is 1. The van der Waals surface area contributed by atoms with Crippen LogP contribution in [0.1, 0.15) is 52.4 Å². The number of carbonyl (C=O) groups is 2. The van der Waals surface area contributed by atoms with Gasteiger partial charge in [-0.3, -0.25) is 9.59 Å². The SMILES string of the molecule is CC(CC(=O)N(C)C(C)CO)NC(=O)C1CCCCC1. The Morgan fingerprint density at radius 3 is 2.40 bits per heavy atom. The molecule has 20 heavy (non-hydrogen) atoms. The first-order chi connectivity index (χ1) is 9.45. The van der Waals surface area contributed by atoms with Gasteiger partial charge in [-0.2, -0.15) is 0 Å². The van der Waals surface area contributed by atoms with E-state index in [1.807, 2.05) is 6.92 Å². The van der Waals surface area contributed by atoms with Crippen LogP contribution < -0.4 is 5.32 Å². The second-order valence-electron chi connectivity index (χ2n) is 5.98.